The van der Waals surface area contributed by atoms with E-state index in [-0.39, 0.29) is 0 Å². The molecule has 0 saturated carbocycles. The number of hydrogen-bond acceptors (Lipinski definition) is 2. The van der Waals surface area contributed by atoms with Crippen LogP contribution in [0.4, 0.5) is 0 Å². The van der Waals surface area contributed by atoms with Crippen LogP contribution in [0.15, 0.2) is 36.5 Å². The Balaban J connectivity index is 2.13. The van der Waals surface area contributed by atoms with Gasteiger partial charge in [-0.25, -0.2) is 5.10 Å². The first-order chi connectivity index (χ1) is 7.92. The standard InChI is InChI=1S/C13H16N2O/c1-2-3-9-16-13-12(10-14-15-13)11-7-5-4-6-8-11/h4-8,10H,2-3,9H2,1H3,(H,14,15). The molecule has 2 rings (SSSR count). The van der Waals surface area contributed by atoms with Gasteiger partial charge in [0.2, 0.25) is 5.88 Å². The fourth-order valence-corrected chi connectivity index (χ4v) is 1.53. The van der Waals surface area contributed by atoms with Crippen molar-refractivity contribution in [1.82, 2.24) is 10.2 Å². The smallest absolute Gasteiger partial charge is 0.217 e. The zero-order chi connectivity index (χ0) is 11.2. The van der Waals surface area contributed by atoms with Gasteiger partial charge in [-0.05, 0) is 12.0 Å². The summed E-state index contributed by atoms with van der Waals surface area (Å²) < 4.78 is 5.65. The number of rotatable bonds is 5. The first kappa shape index (κ1) is 10.7. The molecule has 0 aliphatic carbocycles. The predicted octanol–water partition coefficient (Wildman–Crippen LogP) is 3.26. The predicted molar refractivity (Wildman–Crippen MR) is 64.4 cm³/mol. The lowest BCUT2D eigenvalue weighted by Crippen LogP contribution is -1.97. The maximum absolute atomic E-state index is 5.65. The molecular formula is C13H16N2O. The monoisotopic (exact) mass is 216 g/mol. The van der Waals surface area contributed by atoms with E-state index in [1.807, 2.05) is 18.2 Å². The minimum Gasteiger partial charge on any atom is -0.478 e. The lowest BCUT2D eigenvalue weighted by atomic mass is 10.1. The summed E-state index contributed by atoms with van der Waals surface area (Å²) in [6, 6.07) is 10.1. The summed E-state index contributed by atoms with van der Waals surface area (Å²) >= 11 is 0. The van der Waals surface area contributed by atoms with E-state index < -0.39 is 0 Å². The third kappa shape index (κ3) is 2.42. The van der Waals surface area contributed by atoms with Crippen molar-refractivity contribution >= 4 is 0 Å². The van der Waals surface area contributed by atoms with Crippen molar-refractivity contribution < 1.29 is 4.74 Å². The summed E-state index contributed by atoms with van der Waals surface area (Å²) in [5.74, 6) is 0.764. The zero-order valence-electron chi connectivity index (χ0n) is 9.44. The van der Waals surface area contributed by atoms with Gasteiger partial charge in [0.05, 0.1) is 18.4 Å². The molecule has 0 aliphatic heterocycles. The average molecular weight is 216 g/mol. The summed E-state index contributed by atoms with van der Waals surface area (Å²) in [5, 5.41) is 6.92. The Morgan fingerprint density at radius 3 is 2.81 bits per heavy atom. The highest BCUT2D eigenvalue weighted by molar-refractivity contribution is 5.67. The number of unbranched alkanes of at least 4 members (excludes halogenated alkanes) is 1. The Bertz CT molecular complexity index is 423. The van der Waals surface area contributed by atoms with Gasteiger partial charge in [0, 0.05) is 0 Å². The van der Waals surface area contributed by atoms with Gasteiger partial charge in [-0.1, -0.05) is 43.7 Å². The van der Waals surface area contributed by atoms with Crippen molar-refractivity contribution in [2.75, 3.05) is 6.61 Å². The topological polar surface area (TPSA) is 37.9 Å². The van der Waals surface area contributed by atoms with Gasteiger partial charge >= 0.3 is 0 Å². The molecule has 3 nitrogen and oxygen atoms in total. The van der Waals surface area contributed by atoms with Crippen molar-refractivity contribution in [3.05, 3.63) is 36.5 Å². The highest BCUT2D eigenvalue weighted by Gasteiger charge is 2.07. The number of hydrogen-bond donors (Lipinski definition) is 1. The van der Waals surface area contributed by atoms with E-state index in [4.69, 9.17) is 4.74 Å². The summed E-state index contributed by atoms with van der Waals surface area (Å²) in [7, 11) is 0. The van der Waals surface area contributed by atoms with E-state index in [1.165, 1.54) is 0 Å². The summed E-state index contributed by atoms with van der Waals surface area (Å²) in [5.41, 5.74) is 2.15. The van der Waals surface area contributed by atoms with Crippen LogP contribution in [0.3, 0.4) is 0 Å². The molecule has 0 amide bonds. The number of aromatic amines is 1. The van der Waals surface area contributed by atoms with Crippen LogP contribution in [0.25, 0.3) is 11.1 Å². The summed E-state index contributed by atoms with van der Waals surface area (Å²) in [4.78, 5) is 0. The molecule has 0 radical (unpaired) electrons. The van der Waals surface area contributed by atoms with E-state index in [9.17, 15) is 0 Å². The minimum atomic E-state index is 0.735. The van der Waals surface area contributed by atoms with E-state index in [1.54, 1.807) is 6.20 Å². The van der Waals surface area contributed by atoms with Gasteiger partial charge in [0.1, 0.15) is 0 Å². The SMILES string of the molecule is CCCCOc1[nH]ncc1-c1ccccc1. The molecule has 0 unspecified atom stereocenters. The minimum absolute atomic E-state index is 0.735. The van der Waals surface area contributed by atoms with Gasteiger partial charge in [-0.2, -0.15) is 5.10 Å². The molecule has 0 aliphatic rings. The number of ether oxygens (including phenoxy) is 1. The molecule has 1 aromatic heterocycles. The van der Waals surface area contributed by atoms with Crippen LogP contribution < -0.4 is 4.74 Å². The summed E-state index contributed by atoms with van der Waals surface area (Å²) in [6.45, 7) is 2.88. The van der Waals surface area contributed by atoms with Crippen LogP contribution in [0, 0.1) is 0 Å². The number of aromatic nitrogens is 2. The van der Waals surface area contributed by atoms with E-state index in [0.29, 0.717) is 0 Å². The molecule has 0 atom stereocenters. The quantitative estimate of drug-likeness (QED) is 0.779. The second kappa shape index (κ2) is 5.35. The Kier molecular flexibility index (Phi) is 3.59. The molecule has 0 fully saturated rings. The van der Waals surface area contributed by atoms with Crippen molar-refractivity contribution in [3.63, 3.8) is 0 Å². The molecule has 1 aromatic carbocycles. The van der Waals surface area contributed by atoms with Gasteiger partial charge in [0.15, 0.2) is 0 Å². The Labute approximate surface area is 95.5 Å². The lowest BCUT2D eigenvalue weighted by Gasteiger charge is -2.05. The third-order valence-electron chi connectivity index (χ3n) is 2.43. The van der Waals surface area contributed by atoms with E-state index >= 15 is 0 Å². The molecule has 0 spiro atoms. The molecule has 3 heteroatoms. The van der Waals surface area contributed by atoms with Crippen LogP contribution in [-0.2, 0) is 0 Å². The van der Waals surface area contributed by atoms with E-state index in [0.717, 1.165) is 36.5 Å². The molecule has 0 saturated heterocycles. The zero-order valence-corrected chi connectivity index (χ0v) is 9.44. The number of H-pyrrole nitrogens is 1. The fourth-order valence-electron chi connectivity index (χ4n) is 1.53. The van der Waals surface area contributed by atoms with Crippen LogP contribution in [-0.4, -0.2) is 16.8 Å². The Morgan fingerprint density at radius 2 is 2.06 bits per heavy atom. The Morgan fingerprint density at radius 1 is 1.25 bits per heavy atom. The van der Waals surface area contributed by atoms with Gasteiger partial charge < -0.3 is 4.74 Å². The van der Waals surface area contributed by atoms with Crippen LogP contribution in [0.1, 0.15) is 19.8 Å². The average Bonchev–Trinajstić information content (AvgIpc) is 2.79. The molecule has 1 heterocycles. The molecule has 2 aromatic rings. The van der Waals surface area contributed by atoms with Crippen LogP contribution in [0.5, 0.6) is 5.88 Å². The summed E-state index contributed by atoms with van der Waals surface area (Å²) in [6.07, 6.45) is 4.00. The van der Waals surface area contributed by atoms with Crippen LogP contribution in [0.2, 0.25) is 0 Å². The van der Waals surface area contributed by atoms with Crippen molar-refractivity contribution in [2.24, 2.45) is 0 Å². The van der Waals surface area contributed by atoms with Crippen molar-refractivity contribution in [3.8, 4) is 17.0 Å². The van der Waals surface area contributed by atoms with Gasteiger partial charge in [0.25, 0.3) is 0 Å². The maximum Gasteiger partial charge on any atom is 0.217 e. The number of nitrogens with one attached hydrogen (secondary N) is 1. The Hall–Kier alpha value is -1.77. The van der Waals surface area contributed by atoms with Crippen molar-refractivity contribution in [1.29, 1.82) is 0 Å². The first-order valence-electron chi connectivity index (χ1n) is 5.63. The maximum atomic E-state index is 5.65. The van der Waals surface area contributed by atoms with Crippen molar-refractivity contribution in [2.45, 2.75) is 19.8 Å². The second-order valence-electron chi connectivity index (χ2n) is 3.68. The lowest BCUT2D eigenvalue weighted by molar-refractivity contribution is 0.298. The van der Waals surface area contributed by atoms with Crippen LogP contribution >= 0.6 is 0 Å². The molecule has 1 N–H and O–H groups in total. The van der Waals surface area contributed by atoms with Gasteiger partial charge in [-0.15, -0.1) is 0 Å². The molecule has 16 heavy (non-hydrogen) atoms. The first-order valence-corrected chi connectivity index (χ1v) is 5.63. The number of nitrogens with zero attached hydrogens (tertiary/aromatic N) is 1. The van der Waals surface area contributed by atoms with E-state index in [2.05, 4.69) is 29.3 Å². The fraction of sp³-hybridized carbons (Fsp3) is 0.308. The van der Waals surface area contributed by atoms with Gasteiger partial charge in [-0.3, -0.25) is 0 Å². The largest absolute Gasteiger partial charge is 0.478 e. The third-order valence-corrected chi connectivity index (χ3v) is 2.43. The number of benzene rings is 1. The highest BCUT2D eigenvalue weighted by Crippen LogP contribution is 2.27. The second-order valence-corrected chi connectivity index (χ2v) is 3.68. The normalized spacial score (nSPS) is 10.3. The highest BCUT2D eigenvalue weighted by atomic mass is 16.5. The molecular weight excluding hydrogens is 200 g/mol. The molecule has 0 bridgehead atoms. The molecule has 84 valence electrons.